The Balaban J connectivity index is 2.11. The van der Waals surface area contributed by atoms with Crippen molar-refractivity contribution < 1.29 is 4.74 Å². The maximum atomic E-state index is 8.78. The zero-order valence-corrected chi connectivity index (χ0v) is 11.1. The molecule has 0 aliphatic rings. The fourth-order valence-electron chi connectivity index (χ4n) is 1.93. The highest BCUT2D eigenvalue weighted by Crippen LogP contribution is 2.18. The Hall–Kier alpha value is -2.47. The van der Waals surface area contributed by atoms with Gasteiger partial charge in [0, 0.05) is 19.3 Å². The lowest BCUT2D eigenvalue weighted by Crippen LogP contribution is -2.16. The van der Waals surface area contributed by atoms with Crippen LogP contribution in [0.4, 0.5) is 5.69 Å². The summed E-state index contributed by atoms with van der Waals surface area (Å²) in [7, 11) is 3.70. The van der Waals surface area contributed by atoms with Gasteiger partial charge in [0.05, 0.1) is 18.7 Å². The van der Waals surface area contributed by atoms with Crippen LogP contribution < -0.4 is 9.64 Å². The molecule has 19 heavy (non-hydrogen) atoms. The van der Waals surface area contributed by atoms with Crippen molar-refractivity contribution in [2.24, 2.45) is 0 Å². The van der Waals surface area contributed by atoms with Crippen molar-refractivity contribution in [3.8, 4) is 11.8 Å². The predicted octanol–water partition coefficient (Wildman–Crippen LogP) is 3.20. The third kappa shape index (κ3) is 3.26. The summed E-state index contributed by atoms with van der Waals surface area (Å²) in [6.07, 6.45) is 0. The Morgan fingerprint density at radius 1 is 1.16 bits per heavy atom. The topological polar surface area (TPSA) is 36.3 Å². The van der Waals surface area contributed by atoms with Crippen LogP contribution in [0.15, 0.2) is 48.5 Å². The molecule has 0 atom stereocenters. The number of hydrogen-bond acceptors (Lipinski definition) is 3. The maximum Gasteiger partial charge on any atom is 0.119 e. The molecule has 0 bridgehead atoms. The molecule has 0 unspecified atom stereocenters. The maximum absolute atomic E-state index is 8.78. The van der Waals surface area contributed by atoms with Gasteiger partial charge < -0.3 is 9.64 Å². The minimum atomic E-state index is 0.679. The van der Waals surface area contributed by atoms with Crippen LogP contribution in [0.25, 0.3) is 0 Å². The van der Waals surface area contributed by atoms with Crippen LogP contribution in [0.5, 0.6) is 5.75 Å². The van der Waals surface area contributed by atoms with Crippen molar-refractivity contribution in [2.45, 2.75) is 6.54 Å². The highest BCUT2D eigenvalue weighted by Gasteiger charge is 2.03. The fourth-order valence-corrected chi connectivity index (χ4v) is 1.93. The second-order valence-electron chi connectivity index (χ2n) is 4.37. The Bertz CT molecular complexity index is 584. The van der Waals surface area contributed by atoms with Gasteiger partial charge in [-0.3, -0.25) is 0 Å². The van der Waals surface area contributed by atoms with E-state index in [1.54, 1.807) is 7.11 Å². The van der Waals surface area contributed by atoms with Crippen LogP contribution in [0.2, 0.25) is 0 Å². The second-order valence-corrected chi connectivity index (χ2v) is 4.37. The molecular formula is C16H16N2O. The van der Waals surface area contributed by atoms with Crippen LogP contribution in [0, 0.1) is 11.3 Å². The number of hydrogen-bond donors (Lipinski definition) is 0. The van der Waals surface area contributed by atoms with Crippen molar-refractivity contribution in [3.05, 3.63) is 59.7 Å². The van der Waals surface area contributed by atoms with Crippen LogP contribution >= 0.6 is 0 Å². The molecule has 0 fully saturated rings. The number of methoxy groups -OCH3 is 1. The van der Waals surface area contributed by atoms with Crippen LogP contribution in [0.3, 0.4) is 0 Å². The summed E-state index contributed by atoms with van der Waals surface area (Å²) in [6, 6.07) is 17.7. The van der Waals surface area contributed by atoms with E-state index in [0.717, 1.165) is 18.0 Å². The number of benzene rings is 2. The lowest BCUT2D eigenvalue weighted by molar-refractivity contribution is 0.414. The summed E-state index contributed by atoms with van der Waals surface area (Å²) in [5.74, 6) is 0.866. The van der Waals surface area contributed by atoms with Crippen molar-refractivity contribution in [3.63, 3.8) is 0 Å². The van der Waals surface area contributed by atoms with Crippen molar-refractivity contribution in [1.82, 2.24) is 0 Å². The van der Waals surface area contributed by atoms with Gasteiger partial charge in [0.25, 0.3) is 0 Å². The standard InChI is InChI=1S/C16H16N2O/c1-18(15-8-6-13(11-17)7-9-15)12-14-4-3-5-16(10-14)19-2/h3-10H,12H2,1-2H3. The third-order valence-corrected chi connectivity index (χ3v) is 2.99. The van der Waals surface area contributed by atoms with E-state index in [-0.39, 0.29) is 0 Å². The van der Waals surface area contributed by atoms with E-state index in [1.807, 2.05) is 49.5 Å². The van der Waals surface area contributed by atoms with E-state index in [1.165, 1.54) is 5.56 Å². The van der Waals surface area contributed by atoms with E-state index in [2.05, 4.69) is 17.0 Å². The van der Waals surface area contributed by atoms with Crippen LogP contribution in [0.1, 0.15) is 11.1 Å². The summed E-state index contributed by atoms with van der Waals surface area (Å²) < 4.78 is 5.22. The molecule has 2 aromatic rings. The number of rotatable bonds is 4. The van der Waals surface area contributed by atoms with Gasteiger partial charge in [-0.15, -0.1) is 0 Å². The van der Waals surface area contributed by atoms with E-state index >= 15 is 0 Å². The lowest BCUT2D eigenvalue weighted by atomic mass is 10.1. The lowest BCUT2D eigenvalue weighted by Gasteiger charge is -2.19. The SMILES string of the molecule is COc1cccc(CN(C)c2ccc(C#N)cc2)c1. The molecule has 0 N–H and O–H groups in total. The van der Waals surface area contributed by atoms with Gasteiger partial charge in [-0.25, -0.2) is 0 Å². The van der Waals surface area contributed by atoms with Crippen molar-refractivity contribution in [2.75, 3.05) is 19.1 Å². The highest BCUT2D eigenvalue weighted by molar-refractivity contribution is 5.49. The minimum Gasteiger partial charge on any atom is -0.497 e. The minimum absolute atomic E-state index is 0.679. The Morgan fingerprint density at radius 3 is 2.53 bits per heavy atom. The predicted molar refractivity (Wildman–Crippen MR) is 76.3 cm³/mol. The van der Waals surface area contributed by atoms with Crippen molar-refractivity contribution in [1.29, 1.82) is 5.26 Å². The zero-order chi connectivity index (χ0) is 13.7. The molecule has 2 aromatic carbocycles. The van der Waals surface area contributed by atoms with Gasteiger partial charge in [0.2, 0.25) is 0 Å². The summed E-state index contributed by atoms with van der Waals surface area (Å²) in [6.45, 7) is 0.795. The molecule has 0 radical (unpaired) electrons. The van der Waals surface area contributed by atoms with Gasteiger partial charge in [0.1, 0.15) is 5.75 Å². The molecule has 96 valence electrons. The fraction of sp³-hybridized carbons (Fsp3) is 0.188. The van der Waals surface area contributed by atoms with E-state index < -0.39 is 0 Å². The number of nitriles is 1. The first-order valence-electron chi connectivity index (χ1n) is 6.07. The first-order valence-corrected chi connectivity index (χ1v) is 6.07. The molecule has 0 aliphatic heterocycles. The molecule has 3 heteroatoms. The Kier molecular flexibility index (Phi) is 4.04. The molecule has 3 nitrogen and oxygen atoms in total. The monoisotopic (exact) mass is 252 g/mol. The summed E-state index contributed by atoms with van der Waals surface area (Å²) >= 11 is 0. The largest absolute Gasteiger partial charge is 0.497 e. The van der Waals surface area contributed by atoms with Crippen LogP contribution in [-0.4, -0.2) is 14.2 Å². The second kappa shape index (κ2) is 5.92. The average Bonchev–Trinajstić information content (AvgIpc) is 2.47. The third-order valence-electron chi connectivity index (χ3n) is 2.99. The Morgan fingerprint density at radius 2 is 1.89 bits per heavy atom. The smallest absolute Gasteiger partial charge is 0.119 e. The average molecular weight is 252 g/mol. The molecule has 2 rings (SSSR count). The number of ether oxygens (including phenoxy) is 1. The van der Waals surface area contributed by atoms with Gasteiger partial charge in [-0.2, -0.15) is 5.26 Å². The van der Waals surface area contributed by atoms with E-state index in [4.69, 9.17) is 10.00 Å². The highest BCUT2D eigenvalue weighted by atomic mass is 16.5. The number of anilines is 1. The molecule has 0 amide bonds. The normalized spacial score (nSPS) is 9.74. The van der Waals surface area contributed by atoms with Crippen molar-refractivity contribution >= 4 is 5.69 Å². The number of nitrogens with zero attached hydrogens (tertiary/aromatic N) is 2. The summed E-state index contributed by atoms with van der Waals surface area (Å²) in [4.78, 5) is 2.13. The zero-order valence-electron chi connectivity index (χ0n) is 11.1. The summed E-state index contributed by atoms with van der Waals surface area (Å²) in [5, 5.41) is 8.78. The first-order chi connectivity index (χ1) is 9.22. The molecule has 0 saturated carbocycles. The molecule has 0 spiro atoms. The molecular weight excluding hydrogens is 236 g/mol. The van der Waals surface area contributed by atoms with Gasteiger partial charge >= 0.3 is 0 Å². The van der Waals surface area contributed by atoms with Gasteiger partial charge in [-0.1, -0.05) is 12.1 Å². The summed E-state index contributed by atoms with van der Waals surface area (Å²) in [5.41, 5.74) is 2.95. The Labute approximate surface area is 113 Å². The van der Waals surface area contributed by atoms with Gasteiger partial charge in [0.15, 0.2) is 0 Å². The quantitative estimate of drug-likeness (QED) is 0.838. The van der Waals surface area contributed by atoms with Gasteiger partial charge in [-0.05, 0) is 42.0 Å². The molecule has 0 aliphatic carbocycles. The van der Waals surface area contributed by atoms with Crippen LogP contribution in [-0.2, 0) is 6.54 Å². The first kappa shape index (κ1) is 13.0. The molecule has 0 heterocycles. The molecule has 0 saturated heterocycles. The van der Waals surface area contributed by atoms with E-state index in [9.17, 15) is 0 Å². The van der Waals surface area contributed by atoms with E-state index in [0.29, 0.717) is 5.56 Å². The molecule has 0 aromatic heterocycles.